The molecule has 1 aromatic carbocycles. The number of hydrogen-bond donors (Lipinski definition) is 0. The molecule has 0 heterocycles. The molecule has 0 saturated heterocycles. The van der Waals surface area contributed by atoms with E-state index in [1.807, 2.05) is 12.1 Å². The van der Waals surface area contributed by atoms with E-state index in [0.717, 1.165) is 10.5 Å². The van der Waals surface area contributed by atoms with Crippen LogP contribution in [0.4, 0.5) is 0 Å². The van der Waals surface area contributed by atoms with Crippen molar-refractivity contribution >= 4 is 10.6 Å². The van der Waals surface area contributed by atoms with Crippen LogP contribution in [0.25, 0.3) is 6.08 Å². The summed E-state index contributed by atoms with van der Waals surface area (Å²) < 4.78 is 7.14. The monoisotopic (exact) mass is 322 g/mol. The molecule has 21 heavy (non-hydrogen) atoms. The molecule has 0 unspecified atom stereocenters. The third-order valence-corrected chi connectivity index (χ3v) is 4.80. The Morgan fingerprint density at radius 3 is 2.62 bits per heavy atom. The van der Waals surface area contributed by atoms with E-state index in [-0.39, 0.29) is 0 Å². The summed E-state index contributed by atoms with van der Waals surface area (Å²) in [6.45, 7) is 6.97. The zero-order valence-electron chi connectivity index (χ0n) is 13.3. The first-order chi connectivity index (χ1) is 10.1. The van der Waals surface area contributed by atoms with Crippen LogP contribution in [-0.4, -0.2) is 10.7 Å². The molecule has 1 aromatic rings. The molecule has 0 spiro atoms. The fraction of sp³-hybridized carbons (Fsp3) is 0.526. The fourth-order valence-corrected chi connectivity index (χ4v) is 3.47. The average molecular weight is 322 g/mol. The van der Waals surface area contributed by atoms with Crippen LogP contribution in [0.2, 0.25) is 0 Å². The summed E-state index contributed by atoms with van der Waals surface area (Å²) in [5.74, 6) is 2.14. The molecule has 0 amide bonds. The summed E-state index contributed by atoms with van der Waals surface area (Å²) in [6, 6.07) is 10.3. The average Bonchev–Trinajstić information content (AvgIpc) is 2.46. The first-order valence-electron chi connectivity index (χ1n) is 8.00. The van der Waals surface area contributed by atoms with Gasteiger partial charge in [-0.25, -0.2) is 0 Å². The third-order valence-electron chi connectivity index (χ3n) is 4.44. The number of rotatable bonds is 5. The third kappa shape index (κ3) is 5.22. The minimum atomic E-state index is 0.352. The zero-order chi connectivity index (χ0) is 15.2. The van der Waals surface area contributed by atoms with Crippen LogP contribution in [-0.2, 0) is 20.6 Å². The quantitative estimate of drug-likeness (QED) is 0.752. The van der Waals surface area contributed by atoms with E-state index in [9.17, 15) is 0 Å². The normalized spacial score (nSPS) is 26.4. The number of hydrogen-bond acceptors (Lipinski definition) is 1. The van der Waals surface area contributed by atoms with E-state index in [2.05, 4.69) is 67.0 Å². The Kier molecular flexibility index (Phi) is 6.43. The number of benzene rings is 1. The van der Waals surface area contributed by atoms with E-state index in [1.54, 1.807) is 0 Å². The van der Waals surface area contributed by atoms with Crippen molar-refractivity contribution in [3.63, 3.8) is 0 Å². The molecule has 1 fully saturated rings. The summed E-state index contributed by atoms with van der Waals surface area (Å²) in [5, 5.41) is 0. The van der Waals surface area contributed by atoms with Gasteiger partial charge in [0, 0.05) is 0 Å². The van der Waals surface area contributed by atoms with Gasteiger partial charge in [-0.05, 0) is 0 Å². The second-order valence-corrected chi connectivity index (χ2v) is 7.17. The van der Waals surface area contributed by atoms with Crippen molar-refractivity contribution in [1.82, 2.24) is 0 Å². The van der Waals surface area contributed by atoms with Gasteiger partial charge in [-0.1, -0.05) is 0 Å². The van der Waals surface area contributed by atoms with Crippen molar-refractivity contribution in [2.45, 2.75) is 46.1 Å². The van der Waals surface area contributed by atoms with Gasteiger partial charge in [-0.15, -0.1) is 0 Å². The van der Waals surface area contributed by atoms with Gasteiger partial charge in [0.05, 0.1) is 0 Å². The van der Waals surface area contributed by atoms with Crippen LogP contribution >= 0.6 is 0 Å². The molecule has 3 atom stereocenters. The summed E-state index contributed by atoms with van der Waals surface area (Å²) in [7, 11) is 0. The van der Waals surface area contributed by atoms with Crippen molar-refractivity contribution < 1.29 is 20.6 Å². The molecule has 0 radical (unpaired) electrons. The first kappa shape index (κ1) is 16.7. The van der Waals surface area contributed by atoms with E-state index in [1.165, 1.54) is 24.8 Å². The zero-order valence-corrected chi connectivity index (χ0v) is 14.6. The minimum absolute atomic E-state index is 0.352. The summed E-state index contributed by atoms with van der Waals surface area (Å²) in [6.07, 6.45) is 8.30. The molecule has 1 aliphatic rings. The number of ether oxygens (including phenoxy) is 1. The predicted molar refractivity (Wildman–Crippen MR) is 86.7 cm³/mol. The van der Waals surface area contributed by atoms with Crippen LogP contribution in [0.1, 0.15) is 45.6 Å². The molecule has 1 saturated carbocycles. The van der Waals surface area contributed by atoms with Gasteiger partial charge in [0.25, 0.3) is 0 Å². The van der Waals surface area contributed by atoms with Crippen LogP contribution in [0.15, 0.2) is 36.4 Å². The summed E-state index contributed by atoms with van der Waals surface area (Å²) in [4.78, 5) is 0. The molecule has 0 N–H and O–H groups in total. The molecule has 2 heteroatoms. The van der Waals surface area contributed by atoms with E-state index in [4.69, 9.17) is 4.74 Å². The van der Waals surface area contributed by atoms with Gasteiger partial charge in [-0.2, -0.15) is 0 Å². The van der Waals surface area contributed by atoms with Crippen LogP contribution in [0.5, 0.6) is 0 Å². The Morgan fingerprint density at radius 1 is 1.24 bits per heavy atom. The summed E-state index contributed by atoms with van der Waals surface area (Å²) >= 11 is 3.08. The van der Waals surface area contributed by atoms with Crippen LogP contribution in [0.3, 0.4) is 0 Å². The van der Waals surface area contributed by atoms with Gasteiger partial charge in [0.15, 0.2) is 0 Å². The Bertz CT molecular complexity index is 478. The SMILES string of the molecule is CC(C)[C@@H]1CC[C@@H](C)C[C@H]1O[C](=[Cr])/C=C/c1ccccc1. The van der Waals surface area contributed by atoms with Crippen LogP contribution < -0.4 is 0 Å². The van der Waals surface area contributed by atoms with Crippen molar-refractivity contribution in [3.05, 3.63) is 42.0 Å². The van der Waals surface area contributed by atoms with Gasteiger partial charge < -0.3 is 0 Å². The van der Waals surface area contributed by atoms with Crippen molar-refractivity contribution in [2.24, 2.45) is 17.8 Å². The standard InChI is InChI=1S/C19H26O.Cr/c1-15(2)18-12-11-16(3)14-19(18)20-13-7-10-17-8-5-4-6-9-17;/h4-10,15-16,18-19H,11-12,14H2,1-3H3;/b10-7+;/t16-,18+,19-;/m1./s1. The molecular weight excluding hydrogens is 296 g/mol. The molecule has 0 aromatic heterocycles. The molecular formula is C19H26CrO. The maximum atomic E-state index is 6.23. The molecule has 1 aliphatic carbocycles. The Morgan fingerprint density at radius 2 is 1.95 bits per heavy atom. The van der Waals surface area contributed by atoms with Gasteiger partial charge in [0.1, 0.15) is 0 Å². The second kappa shape index (κ2) is 8.09. The van der Waals surface area contributed by atoms with E-state index in [0.29, 0.717) is 17.9 Å². The molecule has 114 valence electrons. The van der Waals surface area contributed by atoms with Crippen molar-refractivity contribution in [2.75, 3.05) is 0 Å². The van der Waals surface area contributed by atoms with Gasteiger partial charge in [0.2, 0.25) is 0 Å². The van der Waals surface area contributed by atoms with Crippen molar-refractivity contribution in [1.29, 1.82) is 0 Å². The van der Waals surface area contributed by atoms with Gasteiger partial charge >= 0.3 is 137 Å². The molecule has 2 rings (SSSR count). The summed E-state index contributed by atoms with van der Waals surface area (Å²) in [5.41, 5.74) is 1.20. The second-order valence-electron chi connectivity index (χ2n) is 6.55. The molecule has 1 nitrogen and oxygen atoms in total. The van der Waals surface area contributed by atoms with E-state index >= 15 is 0 Å². The Balaban J connectivity index is 1.95. The predicted octanol–water partition coefficient (Wildman–Crippen LogP) is 4.85. The van der Waals surface area contributed by atoms with Crippen LogP contribution in [0, 0.1) is 17.8 Å². The molecule has 0 bridgehead atoms. The van der Waals surface area contributed by atoms with E-state index < -0.39 is 0 Å². The Hall–Kier alpha value is -0.678. The van der Waals surface area contributed by atoms with Crippen molar-refractivity contribution in [3.8, 4) is 0 Å². The topological polar surface area (TPSA) is 9.23 Å². The fourth-order valence-electron chi connectivity index (χ4n) is 3.17. The Labute approximate surface area is 137 Å². The maximum absolute atomic E-state index is 6.23. The first-order valence-corrected chi connectivity index (χ1v) is 8.63. The van der Waals surface area contributed by atoms with Gasteiger partial charge in [-0.3, -0.25) is 0 Å². The molecule has 0 aliphatic heterocycles.